The van der Waals surface area contributed by atoms with Crippen molar-refractivity contribution in [3.05, 3.63) is 24.3 Å². The van der Waals surface area contributed by atoms with Crippen molar-refractivity contribution in [2.75, 3.05) is 50.8 Å². The first-order valence-electron chi connectivity index (χ1n) is 13.8. The zero-order chi connectivity index (χ0) is 27.7. The lowest BCUT2D eigenvalue weighted by Gasteiger charge is -2.47. The topological polar surface area (TPSA) is 88.6 Å². The van der Waals surface area contributed by atoms with Crippen molar-refractivity contribution in [3.63, 3.8) is 0 Å². The minimum absolute atomic E-state index is 0.0594. The lowest BCUT2D eigenvalue weighted by molar-refractivity contribution is -0.148. The Hall–Kier alpha value is -2.97. The SMILES string of the molecule is CCOC(=O)[C@@H]1CCCN(c2cccc(OC(C)(C)C(=O)N3CCC4(CN(C(=O)OC(C)(C)C)C4)C3)c2)C1. The molecule has 0 saturated carbocycles. The van der Waals surface area contributed by atoms with Gasteiger partial charge >= 0.3 is 12.1 Å². The number of anilines is 1. The van der Waals surface area contributed by atoms with E-state index in [4.69, 9.17) is 14.2 Å². The van der Waals surface area contributed by atoms with Crippen molar-refractivity contribution in [3.8, 4) is 5.75 Å². The molecule has 0 unspecified atom stereocenters. The van der Waals surface area contributed by atoms with Crippen molar-refractivity contribution < 1.29 is 28.6 Å². The predicted molar refractivity (Wildman–Crippen MR) is 144 cm³/mol. The summed E-state index contributed by atoms with van der Waals surface area (Å²) in [7, 11) is 0. The van der Waals surface area contributed by atoms with Gasteiger partial charge in [-0.15, -0.1) is 0 Å². The first kappa shape index (κ1) is 28.0. The van der Waals surface area contributed by atoms with Crippen molar-refractivity contribution in [2.24, 2.45) is 11.3 Å². The van der Waals surface area contributed by atoms with Gasteiger partial charge in [0.1, 0.15) is 11.4 Å². The van der Waals surface area contributed by atoms with Crippen LogP contribution in [0.2, 0.25) is 0 Å². The van der Waals surface area contributed by atoms with E-state index in [9.17, 15) is 14.4 Å². The molecule has 1 atom stereocenters. The van der Waals surface area contributed by atoms with E-state index in [1.807, 2.05) is 56.9 Å². The molecule has 0 N–H and O–H groups in total. The second kappa shape index (κ2) is 10.7. The summed E-state index contributed by atoms with van der Waals surface area (Å²) in [4.78, 5) is 43.9. The van der Waals surface area contributed by atoms with Crippen LogP contribution in [0.25, 0.3) is 0 Å². The molecule has 4 rings (SSSR count). The molecule has 0 bridgehead atoms. The van der Waals surface area contributed by atoms with Gasteiger partial charge in [0.15, 0.2) is 5.60 Å². The van der Waals surface area contributed by atoms with Crippen LogP contribution in [-0.2, 0) is 19.1 Å². The van der Waals surface area contributed by atoms with Gasteiger partial charge in [0.25, 0.3) is 5.91 Å². The summed E-state index contributed by atoms with van der Waals surface area (Å²) < 4.78 is 17.0. The van der Waals surface area contributed by atoms with Gasteiger partial charge in [0.2, 0.25) is 0 Å². The average Bonchev–Trinajstić information content (AvgIpc) is 3.27. The molecule has 1 aromatic rings. The van der Waals surface area contributed by atoms with Crippen LogP contribution in [0, 0.1) is 11.3 Å². The average molecular weight is 530 g/mol. The number of benzene rings is 1. The van der Waals surface area contributed by atoms with Crippen molar-refractivity contribution in [1.82, 2.24) is 9.80 Å². The first-order valence-corrected chi connectivity index (χ1v) is 13.8. The van der Waals surface area contributed by atoms with Gasteiger partial charge in [-0.2, -0.15) is 0 Å². The number of nitrogens with zero attached hydrogens (tertiary/aromatic N) is 3. The van der Waals surface area contributed by atoms with E-state index in [-0.39, 0.29) is 29.3 Å². The Kier molecular flexibility index (Phi) is 7.86. The second-order valence-corrected chi connectivity index (χ2v) is 12.5. The fourth-order valence-electron chi connectivity index (χ4n) is 5.71. The number of hydrogen-bond acceptors (Lipinski definition) is 7. The highest BCUT2D eigenvalue weighted by molar-refractivity contribution is 5.85. The molecule has 0 aliphatic carbocycles. The molecule has 210 valence electrons. The third-order valence-corrected chi connectivity index (χ3v) is 7.54. The van der Waals surface area contributed by atoms with Crippen LogP contribution < -0.4 is 9.64 Å². The highest BCUT2D eigenvalue weighted by Gasteiger charge is 2.52. The van der Waals surface area contributed by atoms with Crippen molar-refractivity contribution in [1.29, 1.82) is 0 Å². The van der Waals surface area contributed by atoms with Crippen LogP contribution in [0.5, 0.6) is 5.75 Å². The molecule has 38 heavy (non-hydrogen) atoms. The lowest BCUT2D eigenvalue weighted by Crippen LogP contribution is -2.61. The molecule has 1 aromatic carbocycles. The van der Waals surface area contributed by atoms with Gasteiger partial charge in [-0.25, -0.2) is 4.79 Å². The Bertz CT molecular complexity index is 1040. The minimum Gasteiger partial charge on any atom is -0.478 e. The van der Waals surface area contributed by atoms with Gasteiger partial charge in [-0.3, -0.25) is 9.59 Å². The number of likely N-dealkylation sites (tertiary alicyclic amines) is 2. The van der Waals surface area contributed by atoms with E-state index in [1.54, 1.807) is 18.7 Å². The van der Waals surface area contributed by atoms with Crippen molar-refractivity contribution in [2.45, 2.75) is 72.0 Å². The van der Waals surface area contributed by atoms with E-state index in [0.29, 0.717) is 45.1 Å². The minimum atomic E-state index is -1.05. The summed E-state index contributed by atoms with van der Waals surface area (Å²) in [5, 5.41) is 0. The Morgan fingerprint density at radius 3 is 2.42 bits per heavy atom. The Balaban J connectivity index is 1.34. The van der Waals surface area contributed by atoms with E-state index < -0.39 is 11.2 Å². The largest absolute Gasteiger partial charge is 0.478 e. The van der Waals surface area contributed by atoms with Gasteiger partial charge in [-0.1, -0.05) is 6.07 Å². The Morgan fingerprint density at radius 2 is 1.74 bits per heavy atom. The molecule has 2 amide bonds. The first-order chi connectivity index (χ1) is 17.8. The molecule has 3 heterocycles. The Morgan fingerprint density at radius 1 is 1.03 bits per heavy atom. The van der Waals surface area contributed by atoms with Gasteiger partial charge in [-0.05, 0) is 72.9 Å². The molecule has 1 spiro atoms. The van der Waals surface area contributed by atoms with E-state index in [2.05, 4.69) is 4.90 Å². The predicted octanol–water partition coefficient (Wildman–Crippen LogP) is 4.09. The summed E-state index contributed by atoms with van der Waals surface area (Å²) >= 11 is 0. The van der Waals surface area contributed by atoms with Crippen LogP contribution in [0.4, 0.5) is 10.5 Å². The molecule has 9 heteroatoms. The van der Waals surface area contributed by atoms with E-state index >= 15 is 0 Å². The number of rotatable bonds is 6. The normalized spacial score (nSPS) is 21.2. The van der Waals surface area contributed by atoms with E-state index in [0.717, 1.165) is 31.5 Å². The number of amides is 2. The molecule has 9 nitrogen and oxygen atoms in total. The molecular formula is C29H43N3O6. The number of hydrogen-bond donors (Lipinski definition) is 0. The van der Waals surface area contributed by atoms with Crippen molar-refractivity contribution >= 4 is 23.7 Å². The number of ether oxygens (including phenoxy) is 3. The maximum Gasteiger partial charge on any atom is 0.410 e. The number of carbonyl (C=O) groups is 3. The fourth-order valence-corrected chi connectivity index (χ4v) is 5.71. The molecule has 3 fully saturated rings. The summed E-state index contributed by atoms with van der Waals surface area (Å²) in [6, 6.07) is 7.73. The Labute approximate surface area is 226 Å². The van der Waals surface area contributed by atoms with Crippen LogP contribution in [-0.4, -0.2) is 84.8 Å². The van der Waals surface area contributed by atoms with Crippen LogP contribution in [0.3, 0.4) is 0 Å². The highest BCUT2D eigenvalue weighted by Crippen LogP contribution is 2.41. The highest BCUT2D eigenvalue weighted by atomic mass is 16.6. The summed E-state index contributed by atoms with van der Waals surface area (Å²) in [5.41, 5.74) is -0.663. The number of carbonyl (C=O) groups excluding carboxylic acids is 3. The second-order valence-electron chi connectivity index (χ2n) is 12.5. The molecular weight excluding hydrogens is 486 g/mol. The molecule has 0 aromatic heterocycles. The standard InChI is InChI=1S/C29H43N3O6/c1-7-36-24(33)21-10-9-14-30(17-21)22-11-8-12-23(16-22)37-28(5,6)25(34)31-15-13-29(18-31)19-32(20-29)26(35)38-27(2,3)4/h8,11-12,16,21H,7,9-10,13-15,17-20H2,1-6H3/t21-/m1/s1. The van der Waals surface area contributed by atoms with E-state index in [1.165, 1.54) is 0 Å². The monoisotopic (exact) mass is 529 g/mol. The smallest absolute Gasteiger partial charge is 0.410 e. The number of piperidine rings is 1. The maximum atomic E-state index is 13.5. The lowest BCUT2D eigenvalue weighted by atomic mass is 9.79. The van der Waals surface area contributed by atoms with Gasteiger partial charge in [0, 0.05) is 56.4 Å². The summed E-state index contributed by atoms with van der Waals surface area (Å²) in [5.74, 6) is 0.288. The maximum absolute atomic E-state index is 13.5. The zero-order valence-electron chi connectivity index (χ0n) is 23.7. The van der Waals surface area contributed by atoms with Crippen LogP contribution in [0.1, 0.15) is 60.8 Å². The third kappa shape index (κ3) is 6.35. The van der Waals surface area contributed by atoms with Crippen LogP contribution >= 0.6 is 0 Å². The summed E-state index contributed by atoms with van der Waals surface area (Å²) in [6.07, 6.45) is 2.32. The molecule has 3 aliphatic rings. The van der Waals surface area contributed by atoms with Gasteiger partial charge < -0.3 is 28.9 Å². The summed E-state index contributed by atoms with van der Waals surface area (Å²) in [6.45, 7) is 15.4. The zero-order valence-corrected chi connectivity index (χ0v) is 23.7. The molecule has 3 saturated heterocycles. The fraction of sp³-hybridized carbons (Fsp3) is 0.690. The third-order valence-electron chi connectivity index (χ3n) is 7.54. The number of esters is 1. The van der Waals surface area contributed by atoms with Crippen LogP contribution in [0.15, 0.2) is 24.3 Å². The quantitative estimate of drug-likeness (QED) is 0.513. The van der Waals surface area contributed by atoms with Gasteiger partial charge in [0.05, 0.1) is 12.5 Å². The molecule has 3 aliphatic heterocycles. The molecule has 0 radical (unpaired) electrons.